The largest absolute Gasteiger partial charge is 0.484 e. The Morgan fingerprint density at radius 2 is 1.79 bits per heavy atom. The molecule has 2 aromatic rings. The lowest BCUT2D eigenvalue weighted by Gasteiger charge is -2.17. The lowest BCUT2D eigenvalue weighted by atomic mass is 9.99. The minimum absolute atomic E-state index is 0.245. The van der Waals surface area contributed by atoms with E-state index in [-0.39, 0.29) is 6.61 Å². The van der Waals surface area contributed by atoms with E-state index in [0.29, 0.717) is 24.0 Å². The molecule has 1 aromatic carbocycles. The molecule has 1 heterocycles. The van der Waals surface area contributed by atoms with Crippen molar-refractivity contribution in [2.75, 3.05) is 0 Å². The molecule has 5 heteroatoms. The molecule has 0 saturated heterocycles. The van der Waals surface area contributed by atoms with E-state index in [1.807, 2.05) is 31.2 Å². The Bertz CT molecular complexity index is 526. The molecule has 2 rings (SSSR count). The SMILES string of the molecule is CCc1nnc(COc2ccc(C(C)(C)O)cc2)o1. The first-order valence-corrected chi connectivity index (χ1v) is 6.26. The number of benzene rings is 1. The average Bonchev–Trinajstić information content (AvgIpc) is 2.84. The molecule has 0 bridgehead atoms. The van der Waals surface area contributed by atoms with Gasteiger partial charge in [0.25, 0.3) is 5.89 Å². The van der Waals surface area contributed by atoms with E-state index in [2.05, 4.69) is 10.2 Å². The molecule has 0 unspecified atom stereocenters. The van der Waals surface area contributed by atoms with Crippen LogP contribution in [0.15, 0.2) is 28.7 Å². The second kappa shape index (κ2) is 5.40. The zero-order valence-electron chi connectivity index (χ0n) is 11.4. The van der Waals surface area contributed by atoms with Gasteiger partial charge in [-0.25, -0.2) is 0 Å². The van der Waals surface area contributed by atoms with Crippen molar-refractivity contribution in [2.45, 2.75) is 39.4 Å². The van der Waals surface area contributed by atoms with Gasteiger partial charge in [0.15, 0.2) is 6.61 Å². The maximum absolute atomic E-state index is 9.84. The van der Waals surface area contributed by atoms with Crippen molar-refractivity contribution >= 4 is 0 Å². The number of ether oxygens (including phenoxy) is 1. The molecular formula is C14H18N2O3. The molecule has 0 aliphatic heterocycles. The highest BCUT2D eigenvalue weighted by Gasteiger charge is 2.15. The van der Waals surface area contributed by atoms with Crippen LogP contribution in [0.25, 0.3) is 0 Å². The van der Waals surface area contributed by atoms with E-state index >= 15 is 0 Å². The van der Waals surface area contributed by atoms with Crippen LogP contribution in [0.4, 0.5) is 0 Å². The molecular weight excluding hydrogens is 244 g/mol. The van der Waals surface area contributed by atoms with Gasteiger partial charge in [0, 0.05) is 6.42 Å². The summed E-state index contributed by atoms with van der Waals surface area (Å²) < 4.78 is 10.9. The van der Waals surface area contributed by atoms with Gasteiger partial charge in [-0.3, -0.25) is 0 Å². The lowest BCUT2D eigenvalue weighted by Crippen LogP contribution is -2.14. The summed E-state index contributed by atoms with van der Waals surface area (Å²) >= 11 is 0. The molecule has 1 aromatic heterocycles. The Labute approximate surface area is 112 Å². The molecule has 0 spiro atoms. The molecule has 102 valence electrons. The lowest BCUT2D eigenvalue weighted by molar-refractivity contribution is 0.0785. The monoisotopic (exact) mass is 262 g/mol. The van der Waals surface area contributed by atoms with Crippen LogP contribution in [-0.4, -0.2) is 15.3 Å². The van der Waals surface area contributed by atoms with Gasteiger partial charge in [-0.15, -0.1) is 10.2 Å². The Kier molecular flexibility index (Phi) is 3.85. The maximum Gasteiger partial charge on any atom is 0.253 e. The summed E-state index contributed by atoms with van der Waals surface area (Å²) in [7, 11) is 0. The molecule has 0 fully saturated rings. The topological polar surface area (TPSA) is 68.4 Å². The van der Waals surface area contributed by atoms with Gasteiger partial charge in [-0.1, -0.05) is 19.1 Å². The van der Waals surface area contributed by atoms with Crippen LogP contribution in [0.2, 0.25) is 0 Å². The van der Waals surface area contributed by atoms with Gasteiger partial charge in [0.05, 0.1) is 5.60 Å². The summed E-state index contributed by atoms with van der Waals surface area (Å²) in [6.07, 6.45) is 0.716. The highest BCUT2D eigenvalue weighted by atomic mass is 16.5. The summed E-state index contributed by atoms with van der Waals surface area (Å²) in [6.45, 7) is 5.68. The highest BCUT2D eigenvalue weighted by molar-refractivity contribution is 5.30. The molecule has 0 amide bonds. The molecule has 19 heavy (non-hydrogen) atoms. The number of aliphatic hydroxyl groups is 1. The highest BCUT2D eigenvalue weighted by Crippen LogP contribution is 2.22. The van der Waals surface area contributed by atoms with E-state index in [1.165, 1.54) is 0 Å². The van der Waals surface area contributed by atoms with Crippen molar-refractivity contribution in [3.8, 4) is 5.75 Å². The Morgan fingerprint density at radius 3 is 2.32 bits per heavy atom. The summed E-state index contributed by atoms with van der Waals surface area (Å²) in [5.41, 5.74) is -0.00738. The van der Waals surface area contributed by atoms with E-state index in [0.717, 1.165) is 5.56 Å². The smallest absolute Gasteiger partial charge is 0.253 e. The predicted octanol–water partition coefficient (Wildman–Crippen LogP) is 2.44. The third kappa shape index (κ3) is 3.54. The Morgan fingerprint density at radius 1 is 1.16 bits per heavy atom. The minimum atomic E-state index is -0.846. The zero-order chi connectivity index (χ0) is 13.9. The van der Waals surface area contributed by atoms with Crippen LogP contribution in [0.3, 0.4) is 0 Å². The summed E-state index contributed by atoms with van der Waals surface area (Å²) in [5, 5.41) is 17.6. The fraction of sp³-hybridized carbons (Fsp3) is 0.429. The fourth-order valence-corrected chi connectivity index (χ4v) is 1.59. The number of aryl methyl sites for hydroxylation is 1. The normalized spacial score (nSPS) is 11.6. The van der Waals surface area contributed by atoms with Crippen molar-refractivity contribution in [3.05, 3.63) is 41.6 Å². The van der Waals surface area contributed by atoms with Crippen molar-refractivity contribution < 1.29 is 14.3 Å². The van der Waals surface area contributed by atoms with Crippen LogP contribution in [0, 0.1) is 0 Å². The average molecular weight is 262 g/mol. The first-order chi connectivity index (χ1) is 8.99. The summed E-state index contributed by atoms with van der Waals surface area (Å²) in [4.78, 5) is 0. The van der Waals surface area contributed by atoms with E-state index in [4.69, 9.17) is 9.15 Å². The third-order valence-corrected chi connectivity index (χ3v) is 2.73. The van der Waals surface area contributed by atoms with Gasteiger partial charge in [-0.2, -0.15) is 0 Å². The second-order valence-electron chi connectivity index (χ2n) is 4.82. The summed E-state index contributed by atoms with van der Waals surface area (Å²) in [6, 6.07) is 7.29. The van der Waals surface area contributed by atoms with Crippen LogP contribution in [-0.2, 0) is 18.6 Å². The van der Waals surface area contributed by atoms with E-state index in [1.54, 1.807) is 13.8 Å². The van der Waals surface area contributed by atoms with E-state index in [9.17, 15) is 5.11 Å². The molecule has 1 N–H and O–H groups in total. The van der Waals surface area contributed by atoms with Gasteiger partial charge >= 0.3 is 0 Å². The number of hydrogen-bond donors (Lipinski definition) is 1. The Hall–Kier alpha value is -1.88. The van der Waals surface area contributed by atoms with Crippen LogP contribution >= 0.6 is 0 Å². The second-order valence-corrected chi connectivity index (χ2v) is 4.82. The van der Waals surface area contributed by atoms with Crippen molar-refractivity contribution in [2.24, 2.45) is 0 Å². The first kappa shape index (κ1) is 13.5. The molecule has 0 radical (unpaired) electrons. The number of aromatic nitrogens is 2. The summed E-state index contributed by atoms with van der Waals surface area (Å²) in [5.74, 6) is 1.77. The Balaban J connectivity index is 1.96. The van der Waals surface area contributed by atoms with Crippen LogP contribution in [0.5, 0.6) is 5.75 Å². The van der Waals surface area contributed by atoms with Crippen molar-refractivity contribution in [3.63, 3.8) is 0 Å². The first-order valence-electron chi connectivity index (χ1n) is 6.26. The fourth-order valence-electron chi connectivity index (χ4n) is 1.59. The van der Waals surface area contributed by atoms with Crippen molar-refractivity contribution in [1.29, 1.82) is 0 Å². The predicted molar refractivity (Wildman–Crippen MR) is 69.7 cm³/mol. The minimum Gasteiger partial charge on any atom is -0.484 e. The van der Waals surface area contributed by atoms with Gasteiger partial charge in [0.2, 0.25) is 5.89 Å². The maximum atomic E-state index is 9.84. The van der Waals surface area contributed by atoms with Crippen molar-refractivity contribution in [1.82, 2.24) is 10.2 Å². The molecule has 5 nitrogen and oxygen atoms in total. The van der Waals surface area contributed by atoms with Crippen LogP contribution < -0.4 is 4.74 Å². The quantitative estimate of drug-likeness (QED) is 0.896. The molecule has 0 saturated carbocycles. The van der Waals surface area contributed by atoms with Crippen LogP contribution in [0.1, 0.15) is 38.1 Å². The van der Waals surface area contributed by atoms with E-state index < -0.39 is 5.60 Å². The molecule has 0 aliphatic rings. The molecule has 0 atom stereocenters. The van der Waals surface area contributed by atoms with Gasteiger partial charge < -0.3 is 14.3 Å². The van der Waals surface area contributed by atoms with Gasteiger partial charge in [0.1, 0.15) is 5.75 Å². The molecule has 0 aliphatic carbocycles. The third-order valence-electron chi connectivity index (χ3n) is 2.73. The number of rotatable bonds is 5. The zero-order valence-corrected chi connectivity index (χ0v) is 11.4. The van der Waals surface area contributed by atoms with Gasteiger partial charge in [-0.05, 0) is 31.5 Å². The number of hydrogen-bond acceptors (Lipinski definition) is 5. The standard InChI is InChI=1S/C14H18N2O3/c1-4-12-15-16-13(19-12)9-18-11-7-5-10(6-8-11)14(2,3)17/h5-8,17H,4,9H2,1-3H3. The number of nitrogens with zero attached hydrogens (tertiary/aromatic N) is 2.